The molecule has 0 aliphatic rings. The molecule has 0 fully saturated rings. The molecule has 0 unspecified atom stereocenters. The number of nitrogens with zero attached hydrogens (tertiary/aromatic N) is 2. The fourth-order valence-electron chi connectivity index (χ4n) is 1.89. The number of nitrogens with two attached hydrogens (primary N) is 1. The number of guanidine groups is 1. The van der Waals surface area contributed by atoms with Crippen molar-refractivity contribution >= 4 is 5.96 Å². The van der Waals surface area contributed by atoms with Crippen molar-refractivity contribution < 1.29 is 9.47 Å². The number of rotatable bonds is 9. The van der Waals surface area contributed by atoms with Gasteiger partial charge in [0.15, 0.2) is 5.96 Å². The van der Waals surface area contributed by atoms with Crippen molar-refractivity contribution in [3.05, 3.63) is 66.4 Å². The van der Waals surface area contributed by atoms with Gasteiger partial charge in [0.05, 0.1) is 6.54 Å². The number of nitrogens with one attached hydrogen (secondary N) is 1. The second-order valence-corrected chi connectivity index (χ2v) is 5.53. The molecule has 1 heterocycles. The number of hydrogen-bond donors (Lipinski definition) is 2. The van der Waals surface area contributed by atoms with E-state index in [4.69, 9.17) is 15.2 Å². The van der Waals surface area contributed by atoms with E-state index in [2.05, 4.69) is 21.9 Å². The van der Waals surface area contributed by atoms with Gasteiger partial charge >= 0.3 is 0 Å². The van der Waals surface area contributed by atoms with Crippen LogP contribution in [0.4, 0.5) is 0 Å². The maximum absolute atomic E-state index is 5.77. The molecule has 0 bridgehead atoms. The van der Waals surface area contributed by atoms with Crippen molar-refractivity contribution in [1.29, 1.82) is 0 Å². The highest BCUT2D eigenvalue weighted by Gasteiger charge is 1.99. The van der Waals surface area contributed by atoms with E-state index in [0.29, 0.717) is 38.1 Å². The number of aromatic nitrogens is 1. The zero-order valence-corrected chi connectivity index (χ0v) is 14.4. The zero-order chi connectivity index (χ0) is 17.9. The van der Waals surface area contributed by atoms with Crippen molar-refractivity contribution in [2.75, 3.05) is 19.8 Å². The van der Waals surface area contributed by atoms with Gasteiger partial charge in [0.25, 0.3) is 0 Å². The van der Waals surface area contributed by atoms with Gasteiger partial charge in [0.2, 0.25) is 5.88 Å². The molecule has 0 atom stereocenters. The summed E-state index contributed by atoms with van der Waals surface area (Å²) < 4.78 is 11.1. The Morgan fingerprint density at radius 1 is 1.16 bits per heavy atom. The third kappa shape index (κ3) is 7.39. The predicted molar refractivity (Wildman–Crippen MR) is 99.8 cm³/mol. The fourth-order valence-corrected chi connectivity index (χ4v) is 1.89. The molecule has 0 aliphatic carbocycles. The molecule has 2 rings (SSSR count). The number of pyridine rings is 1. The summed E-state index contributed by atoms with van der Waals surface area (Å²) in [7, 11) is 0. The smallest absolute Gasteiger partial charge is 0.213 e. The minimum Gasteiger partial charge on any atom is -0.490 e. The molecule has 0 radical (unpaired) electrons. The van der Waals surface area contributed by atoms with Gasteiger partial charge in [-0.2, -0.15) is 0 Å². The van der Waals surface area contributed by atoms with Crippen LogP contribution in [0, 0.1) is 0 Å². The molecule has 25 heavy (non-hydrogen) atoms. The van der Waals surface area contributed by atoms with Crippen LogP contribution in [0.1, 0.15) is 12.5 Å². The molecule has 6 nitrogen and oxygen atoms in total. The summed E-state index contributed by atoms with van der Waals surface area (Å²) in [4.78, 5) is 8.50. The van der Waals surface area contributed by atoms with E-state index in [1.807, 2.05) is 49.4 Å². The fraction of sp³-hybridized carbons (Fsp3) is 0.263. The molecule has 0 saturated carbocycles. The van der Waals surface area contributed by atoms with Crippen molar-refractivity contribution in [3.63, 3.8) is 0 Å². The molecule has 1 aromatic heterocycles. The quantitative estimate of drug-likeness (QED) is 0.317. The molecule has 3 N–H and O–H groups in total. The molecule has 0 amide bonds. The average molecular weight is 340 g/mol. The predicted octanol–water partition coefficient (Wildman–Crippen LogP) is 2.52. The van der Waals surface area contributed by atoms with E-state index in [1.165, 1.54) is 0 Å². The van der Waals surface area contributed by atoms with Crippen molar-refractivity contribution in [1.82, 2.24) is 10.3 Å². The Bertz CT molecular complexity index is 684. The van der Waals surface area contributed by atoms with Crippen molar-refractivity contribution in [3.8, 4) is 11.6 Å². The second kappa shape index (κ2) is 9.97. The number of ether oxygens (including phenoxy) is 2. The van der Waals surface area contributed by atoms with Gasteiger partial charge in [-0.15, -0.1) is 0 Å². The minimum atomic E-state index is 0.390. The molecule has 0 saturated heterocycles. The van der Waals surface area contributed by atoms with Crippen LogP contribution in [0.5, 0.6) is 11.6 Å². The van der Waals surface area contributed by atoms with E-state index in [1.54, 1.807) is 6.20 Å². The summed E-state index contributed by atoms with van der Waals surface area (Å²) in [5, 5.41) is 2.98. The molecule has 6 heteroatoms. The summed E-state index contributed by atoms with van der Waals surface area (Å²) in [5.41, 5.74) is 7.72. The average Bonchev–Trinajstić information content (AvgIpc) is 2.63. The molecular weight excluding hydrogens is 316 g/mol. The molecular formula is C19H24N4O2. The monoisotopic (exact) mass is 340 g/mol. The van der Waals surface area contributed by atoms with E-state index in [0.717, 1.165) is 16.9 Å². The second-order valence-electron chi connectivity index (χ2n) is 5.53. The summed E-state index contributed by atoms with van der Waals surface area (Å²) >= 11 is 0. The van der Waals surface area contributed by atoms with Crippen LogP contribution in [0.25, 0.3) is 0 Å². The highest BCUT2D eigenvalue weighted by atomic mass is 16.5. The Labute approximate surface area is 148 Å². The van der Waals surface area contributed by atoms with Crippen molar-refractivity contribution in [2.24, 2.45) is 10.7 Å². The molecule has 2 aromatic rings. The van der Waals surface area contributed by atoms with Crippen LogP contribution in [0.15, 0.2) is 65.8 Å². The normalized spacial score (nSPS) is 11.0. The number of hydrogen-bond acceptors (Lipinski definition) is 4. The van der Waals surface area contributed by atoms with E-state index < -0.39 is 0 Å². The highest BCUT2D eigenvalue weighted by Crippen LogP contribution is 2.10. The van der Waals surface area contributed by atoms with Crippen LogP contribution in [0.2, 0.25) is 0 Å². The topological polar surface area (TPSA) is 81.8 Å². The Hall–Kier alpha value is -3.02. The van der Waals surface area contributed by atoms with E-state index in [9.17, 15) is 0 Å². The van der Waals surface area contributed by atoms with Gasteiger partial charge < -0.3 is 20.5 Å². The van der Waals surface area contributed by atoms with Crippen molar-refractivity contribution in [2.45, 2.75) is 13.5 Å². The lowest BCUT2D eigenvalue weighted by Crippen LogP contribution is -2.32. The van der Waals surface area contributed by atoms with Crippen LogP contribution in [-0.2, 0) is 6.54 Å². The van der Waals surface area contributed by atoms with Crippen LogP contribution in [-0.4, -0.2) is 30.7 Å². The van der Waals surface area contributed by atoms with E-state index >= 15 is 0 Å². The van der Waals surface area contributed by atoms with Gasteiger partial charge in [-0.1, -0.05) is 36.4 Å². The van der Waals surface area contributed by atoms with Gasteiger partial charge in [-0.3, -0.25) is 0 Å². The van der Waals surface area contributed by atoms with Gasteiger partial charge in [-0.25, -0.2) is 9.98 Å². The van der Waals surface area contributed by atoms with Gasteiger partial charge in [0.1, 0.15) is 19.0 Å². The molecule has 1 aromatic carbocycles. The first-order chi connectivity index (χ1) is 12.1. The summed E-state index contributed by atoms with van der Waals surface area (Å²) in [6.07, 6.45) is 1.73. The Morgan fingerprint density at radius 2 is 1.92 bits per heavy atom. The Morgan fingerprint density at radius 3 is 2.60 bits per heavy atom. The number of benzene rings is 1. The van der Waals surface area contributed by atoms with Crippen LogP contribution < -0.4 is 20.5 Å². The number of para-hydroxylation sites is 1. The Balaban J connectivity index is 1.70. The maximum Gasteiger partial charge on any atom is 0.213 e. The number of aliphatic imine (C=N–C) groups is 1. The lowest BCUT2D eigenvalue weighted by molar-refractivity contribution is 0.212. The minimum absolute atomic E-state index is 0.390. The molecule has 132 valence electrons. The third-order valence-electron chi connectivity index (χ3n) is 3.15. The molecule has 0 spiro atoms. The largest absolute Gasteiger partial charge is 0.490 e. The molecule has 0 aliphatic heterocycles. The first-order valence-electron chi connectivity index (χ1n) is 8.07. The first kappa shape index (κ1) is 18.3. The maximum atomic E-state index is 5.77. The SMILES string of the molecule is C=C(C)CNC(N)=NCc1ccc(OCCOc2ccccc2)nc1. The van der Waals surface area contributed by atoms with E-state index in [-0.39, 0.29) is 0 Å². The lowest BCUT2D eigenvalue weighted by Gasteiger charge is -2.08. The highest BCUT2D eigenvalue weighted by molar-refractivity contribution is 5.78. The van der Waals surface area contributed by atoms with Gasteiger partial charge in [0, 0.05) is 18.8 Å². The summed E-state index contributed by atoms with van der Waals surface area (Å²) in [5.74, 6) is 1.77. The summed E-state index contributed by atoms with van der Waals surface area (Å²) in [6, 6.07) is 13.3. The Kier molecular flexibility index (Phi) is 7.31. The van der Waals surface area contributed by atoms with Gasteiger partial charge in [-0.05, 0) is 24.6 Å². The zero-order valence-electron chi connectivity index (χ0n) is 14.4. The van der Waals surface area contributed by atoms with Crippen LogP contribution in [0.3, 0.4) is 0 Å². The third-order valence-corrected chi connectivity index (χ3v) is 3.15. The lowest BCUT2D eigenvalue weighted by atomic mass is 10.3. The summed E-state index contributed by atoms with van der Waals surface area (Å²) in [6.45, 7) is 7.68. The first-order valence-corrected chi connectivity index (χ1v) is 8.07. The standard InChI is InChI=1S/C19H24N4O2/c1-15(2)12-22-19(20)23-14-16-8-9-18(21-13-16)25-11-10-24-17-6-4-3-5-7-17/h3-9,13H,1,10-12,14H2,2H3,(H3,20,22,23). The van der Waals surface area contributed by atoms with Crippen LogP contribution >= 0.6 is 0 Å².